The standard InChI is InChI=1S/C14H19N3O2S/c1-9(18)15-13-12(19-8-7-17(3)4)6-5-11-14(13)20-10(2)16-11/h5-6H,7-8H2,1-4H3,(H,15,18). The van der Waals surface area contributed by atoms with Crippen molar-refractivity contribution in [1.29, 1.82) is 0 Å². The molecule has 2 aromatic rings. The van der Waals surface area contributed by atoms with Crippen molar-refractivity contribution in [2.45, 2.75) is 13.8 Å². The summed E-state index contributed by atoms with van der Waals surface area (Å²) in [6, 6.07) is 3.79. The Balaban J connectivity index is 2.34. The number of likely N-dealkylation sites (N-methyl/N-ethyl adjacent to an activating group) is 1. The zero-order chi connectivity index (χ0) is 14.7. The predicted molar refractivity (Wildman–Crippen MR) is 82.7 cm³/mol. The highest BCUT2D eigenvalue weighted by molar-refractivity contribution is 7.19. The van der Waals surface area contributed by atoms with E-state index in [1.165, 1.54) is 6.92 Å². The van der Waals surface area contributed by atoms with Gasteiger partial charge in [-0.3, -0.25) is 4.79 Å². The summed E-state index contributed by atoms with van der Waals surface area (Å²) in [6.45, 7) is 4.84. The van der Waals surface area contributed by atoms with Gasteiger partial charge in [-0.15, -0.1) is 11.3 Å². The van der Waals surface area contributed by atoms with E-state index in [9.17, 15) is 4.79 Å². The summed E-state index contributed by atoms with van der Waals surface area (Å²) in [4.78, 5) is 17.9. The molecule has 0 aliphatic carbocycles. The summed E-state index contributed by atoms with van der Waals surface area (Å²) >= 11 is 1.56. The number of benzene rings is 1. The van der Waals surface area contributed by atoms with Gasteiger partial charge in [0.15, 0.2) is 0 Å². The Morgan fingerprint density at radius 3 is 2.85 bits per heavy atom. The minimum Gasteiger partial charge on any atom is -0.490 e. The lowest BCUT2D eigenvalue weighted by Gasteiger charge is -2.14. The molecule has 0 fully saturated rings. The van der Waals surface area contributed by atoms with Gasteiger partial charge in [0.1, 0.15) is 18.0 Å². The van der Waals surface area contributed by atoms with E-state index in [0.29, 0.717) is 12.4 Å². The van der Waals surface area contributed by atoms with E-state index in [0.717, 1.165) is 27.5 Å². The number of thiazole rings is 1. The quantitative estimate of drug-likeness (QED) is 0.920. The van der Waals surface area contributed by atoms with Crippen LogP contribution in [0, 0.1) is 6.92 Å². The molecule has 5 nitrogen and oxygen atoms in total. The molecule has 0 unspecified atom stereocenters. The highest BCUT2D eigenvalue weighted by Gasteiger charge is 2.13. The molecule has 20 heavy (non-hydrogen) atoms. The SMILES string of the molecule is CC(=O)Nc1c(OCCN(C)C)ccc2nc(C)sc12. The van der Waals surface area contributed by atoms with Gasteiger partial charge >= 0.3 is 0 Å². The van der Waals surface area contributed by atoms with Crippen molar-refractivity contribution in [2.24, 2.45) is 0 Å². The number of hydrogen-bond acceptors (Lipinski definition) is 5. The number of rotatable bonds is 5. The van der Waals surface area contributed by atoms with Gasteiger partial charge in [-0.2, -0.15) is 0 Å². The third-order valence-corrected chi connectivity index (χ3v) is 3.73. The topological polar surface area (TPSA) is 54.5 Å². The summed E-state index contributed by atoms with van der Waals surface area (Å²) in [5.74, 6) is 0.583. The average molecular weight is 293 g/mol. The fraction of sp³-hybridized carbons (Fsp3) is 0.429. The molecular formula is C14H19N3O2S. The van der Waals surface area contributed by atoms with Crippen molar-refractivity contribution in [3.63, 3.8) is 0 Å². The highest BCUT2D eigenvalue weighted by atomic mass is 32.1. The summed E-state index contributed by atoms with van der Waals surface area (Å²) in [5.41, 5.74) is 1.61. The number of anilines is 1. The zero-order valence-electron chi connectivity index (χ0n) is 12.2. The van der Waals surface area contributed by atoms with E-state index >= 15 is 0 Å². The Morgan fingerprint density at radius 1 is 1.45 bits per heavy atom. The smallest absolute Gasteiger partial charge is 0.221 e. The van der Waals surface area contributed by atoms with E-state index in [1.807, 2.05) is 38.1 Å². The molecule has 0 saturated carbocycles. The first-order valence-electron chi connectivity index (χ1n) is 6.42. The van der Waals surface area contributed by atoms with Gasteiger partial charge in [-0.25, -0.2) is 4.98 Å². The minimum absolute atomic E-state index is 0.110. The first kappa shape index (κ1) is 14.7. The molecule has 108 valence electrons. The average Bonchev–Trinajstić information content (AvgIpc) is 2.71. The van der Waals surface area contributed by atoms with E-state index in [-0.39, 0.29) is 5.91 Å². The largest absolute Gasteiger partial charge is 0.490 e. The van der Waals surface area contributed by atoms with Gasteiger partial charge < -0.3 is 15.0 Å². The number of fused-ring (bicyclic) bond motifs is 1. The molecule has 0 atom stereocenters. The van der Waals surface area contributed by atoms with Gasteiger partial charge in [0.25, 0.3) is 0 Å². The third kappa shape index (κ3) is 3.46. The first-order chi connectivity index (χ1) is 9.47. The van der Waals surface area contributed by atoms with Crippen LogP contribution in [-0.4, -0.2) is 43.0 Å². The fourth-order valence-electron chi connectivity index (χ4n) is 1.84. The second-order valence-corrected chi connectivity index (χ2v) is 6.06. The second-order valence-electron chi connectivity index (χ2n) is 4.85. The van der Waals surface area contributed by atoms with Crippen LogP contribution in [0.1, 0.15) is 11.9 Å². The summed E-state index contributed by atoms with van der Waals surface area (Å²) < 4.78 is 6.75. The van der Waals surface area contributed by atoms with Crippen LogP contribution < -0.4 is 10.1 Å². The number of hydrogen-bond donors (Lipinski definition) is 1. The molecular weight excluding hydrogens is 274 g/mol. The van der Waals surface area contributed by atoms with E-state index in [4.69, 9.17) is 4.74 Å². The number of carbonyl (C=O) groups excluding carboxylic acids is 1. The molecule has 6 heteroatoms. The number of aromatic nitrogens is 1. The molecule has 1 amide bonds. The summed E-state index contributed by atoms with van der Waals surface area (Å²) in [7, 11) is 3.99. The van der Waals surface area contributed by atoms with E-state index in [1.54, 1.807) is 11.3 Å². The van der Waals surface area contributed by atoms with Crippen molar-refractivity contribution < 1.29 is 9.53 Å². The number of amides is 1. The van der Waals surface area contributed by atoms with Crippen molar-refractivity contribution in [3.8, 4) is 5.75 Å². The lowest BCUT2D eigenvalue weighted by Crippen LogP contribution is -2.20. The van der Waals surface area contributed by atoms with Crippen molar-refractivity contribution in [3.05, 3.63) is 17.1 Å². The molecule has 0 aliphatic rings. The maximum absolute atomic E-state index is 11.4. The zero-order valence-corrected chi connectivity index (χ0v) is 13.0. The van der Waals surface area contributed by atoms with E-state index < -0.39 is 0 Å². The number of aryl methyl sites for hydroxylation is 1. The minimum atomic E-state index is -0.110. The Labute approximate surface area is 122 Å². The van der Waals surface area contributed by atoms with Crippen LogP contribution in [0.2, 0.25) is 0 Å². The van der Waals surface area contributed by atoms with Crippen LogP contribution in [0.15, 0.2) is 12.1 Å². The lowest BCUT2D eigenvalue weighted by molar-refractivity contribution is -0.114. The van der Waals surface area contributed by atoms with Crippen LogP contribution in [0.5, 0.6) is 5.75 Å². The number of nitrogens with zero attached hydrogens (tertiary/aromatic N) is 2. The maximum atomic E-state index is 11.4. The molecule has 0 saturated heterocycles. The predicted octanol–water partition coefficient (Wildman–Crippen LogP) is 2.50. The Hall–Kier alpha value is -1.66. The van der Waals surface area contributed by atoms with Crippen LogP contribution in [-0.2, 0) is 4.79 Å². The molecule has 1 N–H and O–H groups in total. The molecule has 1 heterocycles. The number of carbonyl (C=O) groups is 1. The van der Waals surface area contributed by atoms with Crippen LogP contribution in [0.25, 0.3) is 10.2 Å². The van der Waals surface area contributed by atoms with Crippen LogP contribution in [0.3, 0.4) is 0 Å². The number of nitrogens with one attached hydrogen (secondary N) is 1. The third-order valence-electron chi connectivity index (χ3n) is 2.72. The second kappa shape index (κ2) is 6.19. The van der Waals surface area contributed by atoms with Crippen molar-refractivity contribution >= 4 is 33.1 Å². The van der Waals surface area contributed by atoms with Crippen molar-refractivity contribution in [2.75, 3.05) is 32.6 Å². The molecule has 0 spiro atoms. The van der Waals surface area contributed by atoms with Gasteiger partial charge in [-0.1, -0.05) is 0 Å². The summed E-state index contributed by atoms with van der Waals surface area (Å²) in [5, 5.41) is 3.83. The molecule has 0 aliphatic heterocycles. The van der Waals surface area contributed by atoms with Crippen molar-refractivity contribution in [1.82, 2.24) is 9.88 Å². The van der Waals surface area contributed by atoms with Crippen LogP contribution in [0.4, 0.5) is 5.69 Å². The Bertz CT molecular complexity index is 622. The monoisotopic (exact) mass is 293 g/mol. The molecule has 0 bridgehead atoms. The Morgan fingerprint density at radius 2 is 2.20 bits per heavy atom. The van der Waals surface area contributed by atoms with Crippen LogP contribution >= 0.6 is 11.3 Å². The summed E-state index contributed by atoms with van der Waals surface area (Å²) in [6.07, 6.45) is 0. The lowest BCUT2D eigenvalue weighted by atomic mass is 10.2. The van der Waals surface area contributed by atoms with Gasteiger partial charge in [0.2, 0.25) is 5.91 Å². The van der Waals surface area contributed by atoms with E-state index in [2.05, 4.69) is 10.3 Å². The fourth-order valence-corrected chi connectivity index (χ4v) is 2.75. The maximum Gasteiger partial charge on any atom is 0.221 e. The molecule has 2 rings (SSSR count). The molecule has 1 aromatic carbocycles. The number of ether oxygens (including phenoxy) is 1. The van der Waals surface area contributed by atoms with Gasteiger partial charge in [0.05, 0.1) is 15.2 Å². The molecule has 1 aromatic heterocycles. The Kier molecular flexibility index (Phi) is 4.57. The van der Waals surface area contributed by atoms with Gasteiger partial charge in [0, 0.05) is 13.5 Å². The molecule has 0 radical (unpaired) electrons. The highest BCUT2D eigenvalue weighted by Crippen LogP contribution is 2.36. The first-order valence-corrected chi connectivity index (χ1v) is 7.24. The van der Waals surface area contributed by atoms with Gasteiger partial charge in [-0.05, 0) is 33.2 Å². The normalized spacial score (nSPS) is 11.1.